The van der Waals surface area contributed by atoms with Crippen molar-refractivity contribution in [1.29, 1.82) is 0 Å². The molecule has 1 saturated heterocycles. The van der Waals surface area contributed by atoms with E-state index in [0.717, 1.165) is 17.7 Å². The topological polar surface area (TPSA) is 49.4 Å². The van der Waals surface area contributed by atoms with Gasteiger partial charge in [0.05, 0.1) is 11.0 Å². The fraction of sp³-hybridized carbons (Fsp3) is 0.400. The van der Waals surface area contributed by atoms with Crippen LogP contribution in [0, 0.1) is 16.6 Å². The molecule has 2 amide bonds. The summed E-state index contributed by atoms with van der Waals surface area (Å²) < 4.78 is 52.6. The van der Waals surface area contributed by atoms with Crippen LogP contribution in [0.2, 0.25) is 0 Å². The quantitative estimate of drug-likeness (QED) is 0.434. The van der Waals surface area contributed by atoms with Crippen molar-refractivity contribution < 1.29 is 27.2 Å². The monoisotopic (exact) mass is 528 g/mol. The van der Waals surface area contributed by atoms with Crippen LogP contribution in [-0.4, -0.2) is 29.8 Å². The molecule has 1 atom stereocenters. The molecular formula is C30H32F4N2O2. The third-order valence-electron chi connectivity index (χ3n) is 8.00. The Balaban J connectivity index is 1.44. The average molecular weight is 529 g/mol. The van der Waals surface area contributed by atoms with Gasteiger partial charge in [0.25, 0.3) is 0 Å². The number of carbonyl (C=O) groups excluding carboxylic acids is 2. The summed E-state index contributed by atoms with van der Waals surface area (Å²) >= 11 is 0. The standard InChI is InChI=1S/C30H32F4N2O2/c1-28(14-3-2-4-15-28)29(27(38)35-21-23-6-5-7-24(20-23)30(32,33)34)16-18-36(19-17-29)26(37)13-10-22-8-11-25(31)12-9-22/h2-9,11-12,14,20H,10,13,15-19,21H2,1H3,(H,35,38). The van der Waals surface area contributed by atoms with Crippen molar-refractivity contribution in [3.05, 3.63) is 95.3 Å². The second kappa shape index (κ2) is 11.1. The zero-order chi connectivity index (χ0) is 27.4. The van der Waals surface area contributed by atoms with Gasteiger partial charge in [0.15, 0.2) is 0 Å². The molecule has 1 aliphatic carbocycles. The molecule has 1 aliphatic heterocycles. The lowest BCUT2D eigenvalue weighted by Gasteiger charge is -2.50. The van der Waals surface area contributed by atoms with Gasteiger partial charge in [0.2, 0.25) is 11.8 Å². The van der Waals surface area contributed by atoms with E-state index in [1.165, 1.54) is 18.2 Å². The Bertz CT molecular complexity index is 1210. The minimum absolute atomic E-state index is 0.0134. The Morgan fingerprint density at radius 3 is 2.34 bits per heavy atom. The third-order valence-corrected chi connectivity index (χ3v) is 8.00. The maximum absolute atomic E-state index is 13.8. The van der Waals surface area contributed by atoms with E-state index in [4.69, 9.17) is 0 Å². The molecule has 0 saturated carbocycles. The number of hydrogen-bond donors (Lipinski definition) is 1. The minimum atomic E-state index is -4.45. The highest BCUT2D eigenvalue weighted by Crippen LogP contribution is 2.52. The fourth-order valence-electron chi connectivity index (χ4n) is 5.55. The lowest BCUT2D eigenvalue weighted by atomic mass is 9.56. The number of nitrogens with one attached hydrogen (secondary N) is 1. The third kappa shape index (κ3) is 6.00. The van der Waals surface area contributed by atoms with Crippen molar-refractivity contribution in [2.75, 3.05) is 13.1 Å². The molecule has 0 bridgehead atoms. The Morgan fingerprint density at radius 1 is 1.00 bits per heavy atom. The van der Waals surface area contributed by atoms with E-state index >= 15 is 0 Å². The summed E-state index contributed by atoms with van der Waals surface area (Å²) in [5, 5.41) is 2.91. The van der Waals surface area contributed by atoms with Gasteiger partial charge in [-0.05, 0) is 61.1 Å². The molecule has 0 spiro atoms. The van der Waals surface area contributed by atoms with E-state index in [2.05, 4.69) is 5.32 Å². The highest BCUT2D eigenvalue weighted by molar-refractivity contribution is 5.85. The smallest absolute Gasteiger partial charge is 0.352 e. The molecule has 2 aromatic carbocycles. The predicted octanol–water partition coefficient (Wildman–Crippen LogP) is 6.22. The van der Waals surface area contributed by atoms with Crippen molar-refractivity contribution >= 4 is 11.8 Å². The first-order valence-electron chi connectivity index (χ1n) is 12.8. The van der Waals surface area contributed by atoms with Crippen molar-refractivity contribution in [2.24, 2.45) is 10.8 Å². The molecule has 0 radical (unpaired) electrons. The number of benzene rings is 2. The highest BCUT2D eigenvalue weighted by Gasteiger charge is 2.53. The van der Waals surface area contributed by atoms with Gasteiger partial charge in [-0.15, -0.1) is 0 Å². The first-order chi connectivity index (χ1) is 18.0. The second-order valence-electron chi connectivity index (χ2n) is 10.4. The highest BCUT2D eigenvalue weighted by atomic mass is 19.4. The number of allylic oxidation sites excluding steroid dienone is 4. The SMILES string of the molecule is CC1(C2(C(=O)NCc3cccc(C(F)(F)F)c3)CCN(C(=O)CCc3ccc(F)cc3)CC2)C=CC=CC1. The van der Waals surface area contributed by atoms with Crippen molar-refractivity contribution in [2.45, 2.75) is 51.7 Å². The summed E-state index contributed by atoms with van der Waals surface area (Å²) in [7, 11) is 0. The van der Waals surface area contributed by atoms with E-state index in [1.807, 2.05) is 31.2 Å². The van der Waals surface area contributed by atoms with Crippen molar-refractivity contribution in [1.82, 2.24) is 10.2 Å². The second-order valence-corrected chi connectivity index (χ2v) is 10.4. The number of alkyl halides is 3. The number of amides is 2. The maximum atomic E-state index is 13.8. The first-order valence-corrected chi connectivity index (χ1v) is 12.8. The Kier molecular flexibility index (Phi) is 8.09. The van der Waals surface area contributed by atoms with Crippen LogP contribution >= 0.6 is 0 Å². The molecule has 1 fully saturated rings. The largest absolute Gasteiger partial charge is 0.416 e. The predicted molar refractivity (Wildman–Crippen MR) is 137 cm³/mol. The molecule has 1 heterocycles. The summed E-state index contributed by atoms with van der Waals surface area (Å²) in [5.41, 5.74) is -0.807. The molecule has 0 aromatic heterocycles. The van der Waals surface area contributed by atoms with Gasteiger partial charge < -0.3 is 10.2 Å². The molecule has 2 aliphatic rings. The lowest BCUT2D eigenvalue weighted by molar-refractivity contribution is -0.147. The number of hydrogen-bond acceptors (Lipinski definition) is 2. The Morgan fingerprint density at radius 2 is 1.71 bits per heavy atom. The van der Waals surface area contributed by atoms with E-state index in [-0.39, 0.29) is 24.2 Å². The van der Waals surface area contributed by atoms with Crippen LogP contribution < -0.4 is 5.32 Å². The number of nitrogens with zero attached hydrogens (tertiary/aromatic N) is 1. The summed E-state index contributed by atoms with van der Waals surface area (Å²) in [4.78, 5) is 28.5. The normalized spacial score (nSPS) is 20.8. The zero-order valence-corrected chi connectivity index (χ0v) is 21.4. The van der Waals surface area contributed by atoms with Crippen LogP contribution in [0.1, 0.15) is 49.3 Å². The van der Waals surface area contributed by atoms with E-state index in [0.29, 0.717) is 50.8 Å². The molecule has 1 N–H and O–H groups in total. The van der Waals surface area contributed by atoms with Gasteiger partial charge in [-0.25, -0.2) is 4.39 Å². The van der Waals surface area contributed by atoms with E-state index in [9.17, 15) is 27.2 Å². The molecule has 2 aromatic rings. The molecule has 8 heteroatoms. The van der Waals surface area contributed by atoms with E-state index in [1.54, 1.807) is 23.1 Å². The summed E-state index contributed by atoms with van der Waals surface area (Å²) in [6.45, 7) is 2.84. The van der Waals surface area contributed by atoms with E-state index < -0.39 is 22.6 Å². The van der Waals surface area contributed by atoms with Crippen LogP contribution in [-0.2, 0) is 28.7 Å². The number of aryl methyl sites for hydroxylation is 1. The number of likely N-dealkylation sites (tertiary alicyclic amines) is 1. The summed E-state index contributed by atoms with van der Waals surface area (Å²) in [5.74, 6) is -0.550. The summed E-state index contributed by atoms with van der Waals surface area (Å²) in [6, 6.07) is 11.1. The van der Waals surface area contributed by atoms with Gasteiger partial charge >= 0.3 is 6.18 Å². The van der Waals surface area contributed by atoms with Crippen LogP contribution in [0.5, 0.6) is 0 Å². The van der Waals surface area contributed by atoms with Gasteiger partial charge in [0, 0.05) is 31.5 Å². The fourth-order valence-corrected chi connectivity index (χ4v) is 5.55. The molecular weight excluding hydrogens is 496 g/mol. The van der Waals surface area contributed by atoms with Crippen LogP contribution in [0.25, 0.3) is 0 Å². The number of carbonyl (C=O) groups is 2. The van der Waals surface area contributed by atoms with Gasteiger partial charge in [-0.3, -0.25) is 9.59 Å². The lowest BCUT2D eigenvalue weighted by Crippen LogP contribution is -2.57. The Hall–Kier alpha value is -3.42. The molecule has 4 rings (SSSR count). The average Bonchev–Trinajstić information content (AvgIpc) is 2.91. The first kappa shape index (κ1) is 27.6. The molecule has 202 valence electrons. The molecule has 1 unspecified atom stereocenters. The Labute approximate surface area is 220 Å². The molecule has 4 nitrogen and oxygen atoms in total. The zero-order valence-electron chi connectivity index (χ0n) is 21.4. The van der Waals surface area contributed by atoms with Crippen molar-refractivity contribution in [3.8, 4) is 0 Å². The van der Waals surface area contributed by atoms with Gasteiger partial charge in [-0.1, -0.05) is 55.5 Å². The summed E-state index contributed by atoms with van der Waals surface area (Å²) in [6.07, 6.45) is 5.78. The number of halogens is 4. The van der Waals surface area contributed by atoms with Crippen LogP contribution in [0.15, 0.2) is 72.8 Å². The number of rotatable bonds is 7. The molecule has 38 heavy (non-hydrogen) atoms. The van der Waals surface area contributed by atoms with Crippen LogP contribution in [0.4, 0.5) is 17.6 Å². The minimum Gasteiger partial charge on any atom is -0.352 e. The van der Waals surface area contributed by atoms with Gasteiger partial charge in [0.1, 0.15) is 5.82 Å². The maximum Gasteiger partial charge on any atom is 0.416 e. The van der Waals surface area contributed by atoms with Gasteiger partial charge in [-0.2, -0.15) is 13.2 Å². The number of piperidine rings is 1. The van der Waals surface area contributed by atoms with Crippen LogP contribution in [0.3, 0.4) is 0 Å². The van der Waals surface area contributed by atoms with Crippen molar-refractivity contribution in [3.63, 3.8) is 0 Å².